The van der Waals surface area contributed by atoms with Crippen molar-refractivity contribution < 1.29 is 4.79 Å². The number of piperidine rings is 1. The number of amides is 1. The van der Waals surface area contributed by atoms with Crippen LogP contribution in [0.15, 0.2) is 29.1 Å². The summed E-state index contributed by atoms with van der Waals surface area (Å²) in [5.74, 6) is -0.103. The van der Waals surface area contributed by atoms with Crippen LogP contribution in [-0.4, -0.2) is 29.0 Å². The Morgan fingerprint density at radius 1 is 1.19 bits per heavy atom. The number of H-pyrrole nitrogens is 1. The average molecular weight is 420 g/mol. The number of carbonyl (C=O) groups excluding carboxylic acids is 1. The fourth-order valence-electron chi connectivity index (χ4n) is 4.56. The van der Waals surface area contributed by atoms with Crippen molar-refractivity contribution in [1.29, 1.82) is 5.26 Å². The lowest BCUT2D eigenvalue weighted by Gasteiger charge is -2.33. The summed E-state index contributed by atoms with van der Waals surface area (Å²) < 4.78 is 0. The lowest BCUT2D eigenvalue weighted by Crippen LogP contribution is -2.40. The van der Waals surface area contributed by atoms with E-state index in [1.54, 1.807) is 0 Å². The first-order valence-corrected chi connectivity index (χ1v) is 11.1. The third kappa shape index (κ3) is 4.20. The first-order chi connectivity index (χ1) is 14.9. The van der Waals surface area contributed by atoms with Gasteiger partial charge in [0.15, 0.2) is 0 Å². The van der Waals surface area contributed by atoms with Crippen LogP contribution in [0, 0.1) is 29.1 Å². The van der Waals surface area contributed by atoms with Gasteiger partial charge in [-0.1, -0.05) is 45.0 Å². The normalized spacial score (nSPS) is 21.5. The molecule has 3 heterocycles. The number of hydrogen-bond acceptors (Lipinski definition) is 5. The summed E-state index contributed by atoms with van der Waals surface area (Å²) >= 11 is 0. The molecule has 2 aromatic rings. The van der Waals surface area contributed by atoms with E-state index >= 15 is 0 Å². The van der Waals surface area contributed by atoms with Crippen molar-refractivity contribution in [3.8, 4) is 6.07 Å². The third-order valence-electron chi connectivity index (χ3n) is 6.32. The highest BCUT2D eigenvalue weighted by atomic mass is 16.2. The molecule has 1 amide bonds. The number of rotatable bonds is 4. The zero-order valence-electron chi connectivity index (χ0n) is 18.3. The lowest BCUT2D eigenvalue weighted by molar-refractivity contribution is -0.119. The number of nitrogens with one attached hydrogen (secondary N) is 2. The van der Waals surface area contributed by atoms with Gasteiger partial charge in [-0.05, 0) is 42.2 Å². The third-order valence-corrected chi connectivity index (χ3v) is 6.32. The maximum atomic E-state index is 13.2. The number of nitriles is 1. The molecule has 4 rings (SSSR count). The Morgan fingerprint density at radius 3 is 2.48 bits per heavy atom. The van der Waals surface area contributed by atoms with Gasteiger partial charge in [-0.3, -0.25) is 14.6 Å². The van der Waals surface area contributed by atoms with E-state index in [2.05, 4.69) is 47.0 Å². The van der Waals surface area contributed by atoms with Crippen molar-refractivity contribution >= 4 is 17.7 Å². The Kier molecular flexibility index (Phi) is 5.81. The van der Waals surface area contributed by atoms with E-state index in [9.17, 15) is 14.9 Å². The fourth-order valence-corrected chi connectivity index (χ4v) is 4.56. The molecule has 1 aromatic heterocycles. The fraction of sp³-hybridized carbons (Fsp3) is 0.500. The lowest BCUT2D eigenvalue weighted by atomic mass is 9.79. The Bertz CT molecular complexity index is 1060. The molecule has 1 aromatic carbocycles. The molecular weight excluding hydrogens is 390 g/mol. The summed E-state index contributed by atoms with van der Waals surface area (Å²) in [6.07, 6.45) is 3.02. The first-order valence-electron chi connectivity index (χ1n) is 11.1. The van der Waals surface area contributed by atoms with E-state index in [1.807, 2.05) is 24.3 Å². The van der Waals surface area contributed by atoms with Crippen LogP contribution in [0.4, 0.5) is 11.8 Å². The van der Waals surface area contributed by atoms with Crippen LogP contribution in [0.25, 0.3) is 0 Å². The van der Waals surface area contributed by atoms with Gasteiger partial charge in [-0.2, -0.15) is 10.2 Å². The summed E-state index contributed by atoms with van der Waals surface area (Å²) in [5.41, 5.74) is 2.03. The standard InChI is InChI=1S/C24H29N5O2/c1-14(2)12-16-4-6-17(7-5-16)19-18(13-25)22(30)26-21-20(19)23(31)28-24(27-21)29-10-8-15(3)9-11-29/h4-7,14-15,18-19H,8-12H2,1-3H3,(H2,26,27,28,30,31). The maximum absolute atomic E-state index is 13.2. The van der Waals surface area contributed by atoms with Gasteiger partial charge in [0, 0.05) is 19.0 Å². The van der Waals surface area contributed by atoms with Gasteiger partial charge in [0.25, 0.3) is 5.56 Å². The molecule has 31 heavy (non-hydrogen) atoms. The van der Waals surface area contributed by atoms with Gasteiger partial charge in [0.1, 0.15) is 11.7 Å². The number of aromatic amines is 1. The predicted molar refractivity (Wildman–Crippen MR) is 120 cm³/mol. The van der Waals surface area contributed by atoms with Crippen molar-refractivity contribution in [2.75, 3.05) is 23.3 Å². The van der Waals surface area contributed by atoms with E-state index in [4.69, 9.17) is 0 Å². The molecule has 1 fully saturated rings. The smallest absolute Gasteiger partial charge is 0.258 e. The number of fused-ring (bicyclic) bond motifs is 1. The summed E-state index contributed by atoms with van der Waals surface area (Å²) in [7, 11) is 0. The van der Waals surface area contributed by atoms with Gasteiger partial charge in [-0.15, -0.1) is 0 Å². The van der Waals surface area contributed by atoms with E-state index in [1.165, 1.54) is 5.56 Å². The average Bonchev–Trinajstić information content (AvgIpc) is 2.73. The van der Waals surface area contributed by atoms with E-state index < -0.39 is 17.7 Å². The van der Waals surface area contributed by atoms with E-state index in [-0.39, 0.29) is 11.4 Å². The van der Waals surface area contributed by atoms with Gasteiger partial charge >= 0.3 is 0 Å². The SMILES string of the molecule is CC(C)Cc1ccc(C2c3c(nc(N4CCC(C)CC4)[nH]c3=O)NC(=O)C2C#N)cc1. The zero-order valence-corrected chi connectivity index (χ0v) is 18.3. The van der Waals surface area contributed by atoms with E-state index in [0.717, 1.165) is 37.9 Å². The molecule has 0 spiro atoms. The summed E-state index contributed by atoms with van der Waals surface area (Å²) in [4.78, 5) is 35.5. The van der Waals surface area contributed by atoms with Crippen molar-refractivity contribution in [2.45, 2.75) is 46.0 Å². The van der Waals surface area contributed by atoms with Crippen LogP contribution in [0.3, 0.4) is 0 Å². The Labute approximate surface area is 182 Å². The molecule has 0 aliphatic carbocycles. The van der Waals surface area contributed by atoms with Crippen molar-refractivity contribution in [2.24, 2.45) is 17.8 Å². The Morgan fingerprint density at radius 2 is 1.87 bits per heavy atom. The number of aromatic nitrogens is 2. The maximum Gasteiger partial charge on any atom is 0.258 e. The van der Waals surface area contributed by atoms with Gasteiger partial charge in [-0.25, -0.2) is 0 Å². The number of hydrogen-bond donors (Lipinski definition) is 2. The molecular formula is C24H29N5O2. The molecule has 2 aliphatic heterocycles. The van der Waals surface area contributed by atoms with Crippen LogP contribution in [0.2, 0.25) is 0 Å². The minimum absolute atomic E-state index is 0.269. The minimum atomic E-state index is -0.979. The number of carbonyl (C=O) groups is 1. The van der Waals surface area contributed by atoms with Gasteiger partial charge in [0.05, 0.1) is 11.6 Å². The second-order valence-electron chi connectivity index (χ2n) is 9.23. The zero-order chi connectivity index (χ0) is 22.1. The van der Waals surface area contributed by atoms with Gasteiger partial charge < -0.3 is 10.2 Å². The van der Waals surface area contributed by atoms with Crippen molar-refractivity contribution in [3.63, 3.8) is 0 Å². The van der Waals surface area contributed by atoms with Crippen LogP contribution < -0.4 is 15.8 Å². The molecule has 2 atom stereocenters. The molecule has 0 bridgehead atoms. The molecule has 7 heteroatoms. The highest BCUT2D eigenvalue weighted by Gasteiger charge is 2.40. The molecule has 2 unspecified atom stereocenters. The Hall–Kier alpha value is -3.14. The molecule has 0 saturated carbocycles. The van der Waals surface area contributed by atoms with Crippen LogP contribution in [0.5, 0.6) is 0 Å². The number of nitrogens with zero attached hydrogens (tertiary/aromatic N) is 3. The number of anilines is 2. The quantitative estimate of drug-likeness (QED) is 0.790. The first kappa shape index (κ1) is 21.1. The topological polar surface area (TPSA) is 102 Å². The second-order valence-corrected chi connectivity index (χ2v) is 9.23. The van der Waals surface area contributed by atoms with Gasteiger partial charge in [0.2, 0.25) is 11.9 Å². The molecule has 0 radical (unpaired) electrons. The van der Waals surface area contributed by atoms with Crippen LogP contribution >= 0.6 is 0 Å². The molecule has 1 saturated heterocycles. The summed E-state index contributed by atoms with van der Waals surface area (Å²) in [6.45, 7) is 8.18. The van der Waals surface area contributed by atoms with E-state index in [0.29, 0.717) is 23.3 Å². The van der Waals surface area contributed by atoms with Crippen LogP contribution in [-0.2, 0) is 11.2 Å². The van der Waals surface area contributed by atoms with Crippen molar-refractivity contribution in [1.82, 2.24) is 9.97 Å². The monoisotopic (exact) mass is 419 g/mol. The Balaban J connectivity index is 1.74. The number of benzene rings is 1. The highest BCUT2D eigenvalue weighted by molar-refractivity contribution is 5.97. The molecule has 2 N–H and O–H groups in total. The molecule has 7 nitrogen and oxygen atoms in total. The van der Waals surface area contributed by atoms with Crippen LogP contribution in [0.1, 0.15) is 56.2 Å². The molecule has 162 valence electrons. The van der Waals surface area contributed by atoms with Crippen molar-refractivity contribution in [3.05, 3.63) is 51.3 Å². The second kappa shape index (κ2) is 8.54. The highest BCUT2D eigenvalue weighted by Crippen LogP contribution is 2.38. The summed E-state index contributed by atoms with van der Waals surface area (Å²) in [5, 5.41) is 12.4. The minimum Gasteiger partial charge on any atom is -0.342 e. The largest absolute Gasteiger partial charge is 0.342 e. The molecule has 2 aliphatic rings. The predicted octanol–water partition coefficient (Wildman–Crippen LogP) is 3.43. The summed E-state index contributed by atoms with van der Waals surface area (Å²) in [6, 6.07) is 9.98.